The maximum absolute atomic E-state index is 11.8. The molecule has 102 valence electrons. The van der Waals surface area contributed by atoms with Gasteiger partial charge < -0.3 is 11.1 Å². The summed E-state index contributed by atoms with van der Waals surface area (Å²) in [6.07, 6.45) is 1.69. The molecule has 19 heavy (non-hydrogen) atoms. The number of anilines is 1. The van der Waals surface area contributed by atoms with Crippen molar-refractivity contribution in [1.82, 2.24) is 15.1 Å². The van der Waals surface area contributed by atoms with Gasteiger partial charge in [0, 0.05) is 23.0 Å². The summed E-state index contributed by atoms with van der Waals surface area (Å²) in [4.78, 5) is 13.1. The predicted octanol–water partition coefficient (Wildman–Crippen LogP) is 1.62. The Kier molecular flexibility index (Phi) is 3.90. The van der Waals surface area contributed by atoms with Crippen LogP contribution in [0.3, 0.4) is 0 Å². The monoisotopic (exact) mass is 278 g/mol. The molecule has 0 aliphatic heterocycles. The molecule has 0 aliphatic rings. The summed E-state index contributed by atoms with van der Waals surface area (Å²) in [5.41, 5.74) is 5.44. The first-order valence-corrected chi connectivity index (χ1v) is 6.95. The summed E-state index contributed by atoms with van der Waals surface area (Å²) in [7, 11) is 0. The minimum Gasteiger partial charge on any atom is -0.382 e. The highest BCUT2D eigenvalue weighted by Crippen LogP contribution is 2.26. The number of nitrogen functional groups attached to an aromatic ring is 1. The molecule has 2 rings (SSSR count). The van der Waals surface area contributed by atoms with Gasteiger partial charge in [-0.1, -0.05) is 19.9 Å². The van der Waals surface area contributed by atoms with Crippen molar-refractivity contribution in [2.75, 3.05) is 12.3 Å². The molecule has 0 saturated heterocycles. The molecular weight excluding hydrogens is 260 g/mol. The second-order valence-corrected chi connectivity index (χ2v) is 6.02. The first-order valence-electron chi connectivity index (χ1n) is 6.07. The van der Waals surface area contributed by atoms with Crippen molar-refractivity contribution in [3.8, 4) is 0 Å². The van der Waals surface area contributed by atoms with E-state index in [2.05, 4.69) is 30.3 Å². The zero-order valence-electron chi connectivity index (χ0n) is 11.1. The number of carbonyl (C=O) groups excluding carboxylic acids is 1. The quantitative estimate of drug-likeness (QED) is 0.873. The Bertz CT molecular complexity index is 545. The van der Waals surface area contributed by atoms with Crippen LogP contribution in [0.15, 0.2) is 29.8 Å². The molecule has 0 aliphatic carbocycles. The van der Waals surface area contributed by atoms with Crippen molar-refractivity contribution in [3.05, 3.63) is 34.7 Å². The Morgan fingerprint density at radius 1 is 1.53 bits per heavy atom. The van der Waals surface area contributed by atoms with Crippen LogP contribution in [0.4, 0.5) is 5.82 Å². The second kappa shape index (κ2) is 5.44. The van der Waals surface area contributed by atoms with E-state index in [9.17, 15) is 4.79 Å². The van der Waals surface area contributed by atoms with Crippen molar-refractivity contribution in [1.29, 1.82) is 0 Å². The zero-order valence-corrected chi connectivity index (χ0v) is 11.9. The number of thiophene rings is 1. The average Bonchev–Trinajstić information content (AvgIpc) is 2.98. The molecule has 0 bridgehead atoms. The molecule has 0 atom stereocenters. The topological polar surface area (TPSA) is 72.9 Å². The van der Waals surface area contributed by atoms with Gasteiger partial charge in [-0.15, -0.1) is 11.3 Å². The maximum atomic E-state index is 11.8. The van der Waals surface area contributed by atoms with Crippen LogP contribution in [0.5, 0.6) is 0 Å². The molecule has 0 aromatic carbocycles. The van der Waals surface area contributed by atoms with Gasteiger partial charge in [-0.3, -0.25) is 9.48 Å². The van der Waals surface area contributed by atoms with E-state index in [1.807, 2.05) is 11.4 Å². The van der Waals surface area contributed by atoms with Crippen LogP contribution in [0.2, 0.25) is 0 Å². The lowest BCUT2D eigenvalue weighted by molar-refractivity contribution is -0.122. The van der Waals surface area contributed by atoms with Crippen LogP contribution in [0.1, 0.15) is 18.7 Å². The fourth-order valence-electron chi connectivity index (χ4n) is 1.74. The zero-order chi connectivity index (χ0) is 13.9. The number of aromatic nitrogens is 2. The van der Waals surface area contributed by atoms with Crippen molar-refractivity contribution in [2.24, 2.45) is 0 Å². The molecule has 2 aromatic rings. The highest BCUT2D eigenvalue weighted by molar-refractivity contribution is 7.10. The molecule has 1 amide bonds. The number of hydrogen-bond acceptors (Lipinski definition) is 4. The number of carbonyl (C=O) groups is 1. The first-order chi connectivity index (χ1) is 8.97. The summed E-state index contributed by atoms with van der Waals surface area (Å²) in [6.45, 7) is 5.02. The van der Waals surface area contributed by atoms with Gasteiger partial charge in [-0.05, 0) is 17.5 Å². The molecule has 0 spiro atoms. The summed E-state index contributed by atoms with van der Waals surface area (Å²) >= 11 is 1.70. The summed E-state index contributed by atoms with van der Waals surface area (Å²) in [5.74, 6) is 0.361. The van der Waals surface area contributed by atoms with Crippen LogP contribution in [-0.4, -0.2) is 22.2 Å². The van der Waals surface area contributed by atoms with Crippen LogP contribution in [-0.2, 0) is 16.8 Å². The number of amides is 1. The lowest BCUT2D eigenvalue weighted by Crippen LogP contribution is -2.37. The molecular formula is C13H18N4OS. The van der Waals surface area contributed by atoms with Crippen LogP contribution < -0.4 is 11.1 Å². The molecule has 3 N–H and O–H groups in total. The molecule has 5 nitrogen and oxygen atoms in total. The van der Waals surface area contributed by atoms with Crippen LogP contribution >= 0.6 is 11.3 Å². The van der Waals surface area contributed by atoms with Gasteiger partial charge in [-0.2, -0.15) is 5.10 Å². The van der Waals surface area contributed by atoms with Gasteiger partial charge in [-0.25, -0.2) is 0 Å². The van der Waals surface area contributed by atoms with E-state index in [0.29, 0.717) is 12.4 Å². The lowest BCUT2D eigenvalue weighted by atomic mass is 9.91. The Morgan fingerprint density at radius 2 is 2.32 bits per heavy atom. The smallest absolute Gasteiger partial charge is 0.241 e. The van der Waals surface area contributed by atoms with Gasteiger partial charge in [0.25, 0.3) is 0 Å². The lowest BCUT2D eigenvalue weighted by Gasteiger charge is -2.23. The number of nitrogens with one attached hydrogen (secondary N) is 1. The third-order valence-corrected chi connectivity index (χ3v) is 4.12. The molecule has 0 saturated carbocycles. The number of rotatable bonds is 5. The minimum absolute atomic E-state index is 0.0623. The van der Waals surface area contributed by atoms with E-state index >= 15 is 0 Å². The molecule has 0 fully saturated rings. The summed E-state index contributed by atoms with van der Waals surface area (Å²) < 4.78 is 1.53. The van der Waals surface area contributed by atoms with E-state index in [-0.39, 0.29) is 17.9 Å². The van der Waals surface area contributed by atoms with E-state index in [0.717, 1.165) is 0 Å². The summed E-state index contributed by atoms with van der Waals surface area (Å²) in [5, 5.41) is 8.96. The standard InChI is InChI=1S/C13H18N4OS/c1-13(2,10-4-3-7-19-10)9-15-12(18)8-17-6-5-11(14)16-17/h3-7H,8-9H2,1-2H3,(H2,14,16)(H,15,18). The minimum atomic E-state index is -0.0625. The van der Waals surface area contributed by atoms with E-state index in [1.54, 1.807) is 23.6 Å². The molecule has 2 aromatic heterocycles. The Balaban J connectivity index is 1.87. The summed E-state index contributed by atoms with van der Waals surface area (Å²) in [6, 6.07) is 5.78. The van der Waals surface area contributed by atoms with Crippen molar-refractivity contribution < 1.29 is 4.79 Å². The average molecular weight is 278 g/mol. The third-order valence-electron chi connectivity index (χ3n) is 2.88. The van der Waals surface area contributed by atoms with Gasteiger partial charge in [0.1, 0.15) is 12.4 Å². The predicted molar refractivity (Wildman–Crippen MR) is 77.0 cm³/mol. The van der Waals surface area contributed by atoms with Gasteiger partial charge in [0.15, 0.2) is 0 Å². The SMILES string of the molecule is CC(C)(CNC(=O)Cn1ccc(N)n1)c1cccs1. The van der Waals surface area contributed by atoms with Crippen LogP contribution in [0.25, 0.3) is 0 Å². The van der Waals surface area contributed by atoms with Gasteiger partial charge in [0.2, 0.25) is 5.91 Å². The maximum Gasteiger partial charge on any atom is 0.241 e. The van der Waals surface area contributed by atoms with E-state index < -0.39 is 0 Å². The van der Waals surface area contributed by atoms with E-state index in [1.165, 1.54) is 9.56 Å². The van der Waals surface area contributed by atoms with E-state index in [4.69, 9.17) is 5.73 Å². The molecule has 0 unspecified atom stereocenters. The second-order valence-electron chi connectivity index (χ2n) is 5.08. The van der Waals surface area contributed by atoms with Crippen LogP contribution in [0, 0.1) is 0 Å². The highest BCUT2D eigenvalue weighted by Gasteiger charge is 2.22. The fourth-order valence-corrected chi connectivity index (χ4v) is 2.59. The number of hydrogen-bond donors (Lipinski definition) is 2. The number of nitrogens with zero attached hydrogens (tertiary/aromatic N) is 2. The van der Waals surface area contributed by atoms with Crippen molar-refractivity contribution >= 4 is 23.1 Å². The number of nitrogens with two attached hydrogens (primary N) is 1. The van der Waals surface area contributed by atoms with Gasteiger partial charge in [0.05, 0.1) is 0 Å². The highest BCUT2D eigenvalue weighted by atomic mass is 32.1. The van der Waals surface area contributed by atoms with Crippen molar-refractivity contribution in [2.45, 2.75) is 25.8 Å². The largest absolute Gasteiger partial charge is 0.382 e. The Labute approximate surface area is 116 Å². The first kappa shape index (κ1) is 13.6. The third kappa shape index (κ3) is 3.57. The molecule has 0 radical (unpaired) electrons. The molecule has 6 heteroatoms. The Morgan fingerprint density at radius 3 is 2.89 bits per heavy atom. The molecule has 2 heterocycles. The van der Waals surface area contributed by atoms with Crippen molar-refractivity contribution in [3.63, 3.8) is 0 Å². The normalized spacial score (nSPS) is 11.5. The van der Waals surface area contributed by atoms with Gasteiger partial charge >= 0.3 is 0 Å². The fraction of sp³-hybridized carbons (Fsp3) is 0.385. The Hall–Kier alpha value is -1.82.